The predicted molar refractivity (Wildman–Crippen MR) is 93.5 cm³/mol. The predicted octanol–water partition coefficient (Wildman–Crippen LogP) is 2.30. The van der Waals surface area contributed by atoms with E-state index in [9.17, 15) is 9.59 Å². The lowest BCUT2D eigenvalue weighted by molar-refractivity contribution is -0.123. The zero-order valence-corrected chi connectivity index (χ0v) is 14.2. The summed E-state index contributed by atoms with van der Waals surface area (Å²) in [4.78, 5) is 31.8. The van der Waals surface area contributed by atoms with Gasteiger partial charge in [-0.2, -0.15) is 0 Å². The highest BCUT2D eigenvalue weighted by Gasteiger charge is 2.09. The Morgan fingerprint density at radius 1 is 1.33 bits per heavy atom. The van der Waals surface area contributed by atoms with Crippen LogP contribution in [0.4, 0.5) is 0 Å². The highest BCUT2D eigenvalue weighted by Crippen LogP contribution is 2.20. The first-order valence-corrected chi connectivity index (χ1v) is 8.27. The summed E-state index contributed by atoms with van der Waals surface area (Å²) in [6.45, 7) is 4.21. The van der Waals surface area contributed by atoms with Crippen LogP contribution in [-0.4, -0.2) is 22.5 Å². The van der Waals surface area contributed by atoms with Crippen LogP contribution < -0.4 is 15.6 Å². The number of H-pyrrole nitrogens is 1. The van der Waals surface area contributed by atoms with Crippen molar-refractivity contribution >= 4 is 27.5 Å². The van der Waals surface area contributed by atoms with Crippen LogP contribution in [0.25, 0.3) is 10.2 Å². The maximum Gasteiger partial charge on any atom is 0.259 e. The van der Waals surface area contributed by atoms with Gasteiger partial charge in [0, 0.05) is 4.88 Å². The number of nitrogens with one attached hydrogen (secondary N) is 2. The molecular formula is C17H17N3O3S. The van der Waals surface area contributed by atoms with E-state index in [1.807, 2.05) is 32.0 Å². The van der Waals surface area contributed by atoms with E-state index in [4.69, 9.17) is 4.74 Å². The fourth-order valence-corrected chi connectivity index (χ4v) is 3.18. The molecule has 0 bridgehead atoms. The van der Waals surface area contributed by atoms with E-state index in [1.165, 1.54) is 17.7 Å². The van der Waals surface area contributed by atoms with Crippen molar-refractivity contribution in [2.45, 2.75) is 20.4 Å². The van der Waals surface area contributed by atoms with Crippen molar-refractivity contribution < 1.29 is 9.53 Å². The highest BCUT2D eigenvalue weighted by molar-refractivity contribution is 7.18. The van der Waals surface area contributed by atoms with Crippen LogP contribution in [0.1, 0.15) is 16.0 Å². The summed E-state index contributed by atoms with van der Waals surface area (Å²) >= 11 is 1.39. The smallest absolute Gasteiger partial charge is 0.259 e. The molecule has 0 saturated heterocycles. The average Bonchev–Trinajstić information content (AvgIpc) is 2.98. The Hall–Kier alpha value is -2.67. The molecular weight excluding hydrogens is 326 g/mol. The lowest BCUT2D eigenvalue weighted by Gasteiger charge is -2.10. The van der Waals surface area contributed by atoms with E-state index in [-0.39, 0.29) is 18.1 Å². The number of aryl methyl sites for hydroxylation is 2. The first-order chi connectivity index (χ1) is 11.5. The number of hydrogen-bond acceptors (Lipinski definition) is 5. The molecule has 0 spiro atoms. The van der Waals surface area contributed by atoms with Gasteiger partial charge in [-0.15, -0.1) is 11.3 Å². The number of benzene rings is 1. The van der Waals surface area contributed by atoms with Crippen LogP contribution in [0, 0.1) is 13.8 Å². The summed E-state index contributed by atoms with van der Waals surface area (Å²) in [6.07, 6.45) is 1.38. The van der Waals surface area contributed by atoms with E-state index < -0.39 is 0 Å². The van der Waals surface area contributed by atoms with Crippen LogP contribution >= 0.6 is 11.3 Å². The molecule has 0 saturated carbocycles. The van der Waals surface area contributed by atoms with Crippen LogP contribution in [0.15, 0.2) is 35.4 Å². The quantitative estimate of drug-likeness (QED) is 0.744. The number of thiophene rings is 1. The molecule has 0 fully saturated rings. The summed E-state index contributed by atoms with van der Waals surface area (Å²) < 4.78 is 5.57. The molecule has 24 heavy (non-hydrogen) atoms. The van der Waals surface area contributed by atoms with Crippen LogP contribution in [-0.2, 0) is 11.3 Å². The number of aromatic amines is 1. The number of amides is 1. The SMILES string of the molecule is Cc1ccc(C)c(OCC(=O)NCc2cc3c(=O)[nH]cnc3s2)c1. The second-order valence-corrected chi connectivity index (χ2v) is 6.61. The summed E-state index contributed by atoms with van der Waals surface area (Å²) in [6, 6.07) is 7.62. The maximum absolute atomic E-state index is 12.0. The van der Waals surface area contributed by atoms with Crippen molar-refractivity contribution in [1.82, 2.24) is 15.3 Å². The molecule has 1 amide bonds. The van der Waals surface area contributed by atoms with Crippen molar-refractivity contribution in [2.24, 2.45) is 0 Å². The molecule has 2 heterocycles. The van der Waals surface area contributed by atoms with Crippen molar-refractivity contribution in [3.05, 3.63) is 57.0 Å². The Morgan fingerprint density at radius 3 is 2.96 bits per heavy atom. The molecule has 2 N–H and O–H groups in total. The minimum absolute atomic E-state index is 0.0476. The zero-order chi connectivity index (χ0) is 17.1. The maximum atomic E-state index is 12.0. The Bertz CT molecular complexity index is 946. The number of nitrogens with zero attached hydrogens (tertiary/aromatic N) is 1. The van der Waals surface area contributed by atoms with Gasteiger partial charge in [0.1, 0.15) is 10.6 Å². The topological polar surface area (TPSA) is 84.1 Å². The third kappa shape index (κ3) is 3.62. The van der Waals surface area contributed by atoms with Crippen molar-refractivity contribution in [3.63, 3.8) is 0 Å². The van der Waals surface area contributed by atoms with E-state index in [2.05, 4.69) is 15.3 Å². The Kier molecular flexibility index (Phi) is 4.61. The molecule has 0 atom stereocenters. The molecule has 0 unspecified atom stereocenters. The Morgan fingerprint density at radius 2 is 2.17 bits per heavy atom. The van der Waals surface area contributed by atoms with Gasteiger partial charge in [0.2, 0.25) is 0 Å². The van der Waals surface area contributed by atoms with Gasteiger partial charge in [-0.3, -0.25) is 9.59 Å². The Balaban J connectivity index is 1.58. The van der Waals surface area contributed by atoms with Gasteiger partial charge >= 0.3 is 0 Å². The number of carbonyl (C=O) groups excluding carboxylic acids is 1. The van der Waals surface area contributed by atoms with E-state index in [0.29, 0.717) is 22.5 Å². The van der Waals surface area contributed by atoms with E-state index in [1.54, 1.807) is 6.07 Å². The summed E-state index contributed by atoms with van der Waals surface area (Å²) in [5, 5.41) is 3.33. The zero-order valence-electron chi connectivity index (χ0n) is 13.4. The molecule has 6 nitrogen and oxygen atoms in total. The number of fused-ring (bicyclic) bond motifs is 1. The largest absolute Gasteiger partial charge is 0.483 e. The number of aromatic nitrogens is 2. The minimum Gasteiger partial charge on any atom is -0.483 e. The number of ether oxygens (including phenoxy) is 1. The summed E-state index contributed by atoms with van der Waals surface area (Å²) in [5.74, 6) is 0.498. The second-order valence-electron chi connectivity index (χ2n) is 5.50. The summed E-state index contributed by atoms with van der Waals surface area (Å²) in [5.41, 5.74) is 1.90. The van der Waals surface area contributed by atoms with Crippen molar-refractivity contribution in [2.75, 3.05) is 6.61 Å². The van der Waals surface area contributed by atoms with Crippen LogP contribution in [0.5, 0.6) is 5.75 Å². The molecule has 0 aliphatic heterocycles. The molecule has 3 aromatic rings. The lowest BCUT2D eigenvalue weighted by atomic mass is 10.1. The van der Waals surface area contributed by atoms with Gasteiger partial charge in [0.15, 0.2) is 6.61 Å². The number of hydrogen-bond donors (Lipinski definition) is 2. The van der Waals surface area contributed by atoms with Gasteiger partial charge in [0.25, 0.3) is 11.5 Å². The monoisotopic (exact) mass is 343 g/mol. The lowest BCUT2D eigenvalue weighted by Crippen LogP contribution is -2.28. The Labute approximate surface area is 142 Å². The minimum atomic E-state index is -0.213. The standard InChI is InChI=1S/C17H17N3O3S/c1-10-3-4-11(2)14(5-10)23-8-15(21)18-7-12-6-13-16(22)19-9-20-17(13)24-12/h3-6,9H,7-8H2,1-2H3,(H,18,21)(H,19,20,22). The molecule has 3 rings (SSSR count). The van der Waals surface area contributed by atoms with Gasteiger partial charge in [0.05, 0.1) is 18.3 Å². The first kappa shape index (κ1) is 16.2. The average molecular weight is 343 g/mol. The second kappa shape index (κ2) is 6.84. The fourth-order valence-electron chi connectivity index (χ4n) is 2.25. The number of carbonyl (C=O) groups is 1. The molecule has 0 radical (unpaired) electrons. The van der Waals surface area contributed by atoms with E-state index >= 15 is 0 Å². The number of rotatable bonds is 5. The third-order valence-corrected chi connectivity index (χ3v) is 4.59. The highest BCUT2D eigenvalue weighted by atomic mass is 32.1. The fraction of sp³-hybridized carbons (Fsp3) is 0.235. The normalized spacial score (nSPS) is 10.8. The molecule has 0 aliphatic carbocycles. The third-order valence-electron chi connectivity index (χ3n) is 3.55. The molecule has 0 aliphatic rings. The van der Waals surface area contributed by atoms with Gasteiger partial charge in [-0.05, 0) is 37.1 Å². The molecule has 1 aromatic carbocycles. The van der Waals surface area contributed by atoms with Crippen LogP contribution in [0.2, 0.25) is 0 Å². The van der Waals surface area contributed by atoms with E-state index in [0.717, 1.165) is 16.0 Å². The molecule has 2 aromatic heterocycles. The van der Waals surface area contributed by atoms with Crippen LogP contribution in [0.3, 0.4) is 0 Å². The molecule has 124 valence electrons. The molecule has 7 heteroatoms. The van der Waals surface area contributed by atoms with Crippen molar-refractivity contribution in [1.29, 1.82) is 0 Å². The first-order valence-electron chi connectivity index (χ1n) is 7.46. The van der Waals surface area contributed by atoms with Gasteiger partial charge in [-0.25, -0.2) is 4.98 Å². The van der Waals surface area contributed by atoms with Crippen molar-refractivity contribution in [3.8, 4) is 5.75 Å². The van der Waals surface area contributed by atoms with Gasteiger partial charge in [-0.1, -0.05) is 12.1 Å². The van der Waals surface area contributed by atoms with Gasteiger partial charge < -0.3 is 15.0 Å². The summed E-state index contributed by atoms with van der Waals surface area (Å²) in [7, 11) is 0.